The molecule has 0 fully saturated rings. The van der Waals surface area contributed by atoms with Crippen molar-refractivity contribution in [2.24, 2.45) is 0 Å². The normalized spacial score (nSPS) is 11.9. The fourth-order valence-corrected chi connectivity index (χ4v) is 3.93. The lowest BCUT2D eigenvalue weighted by Crippen LogP contribution is -2.10. The number of hydrogen-bond donors (Lipinski definition) is 2. The van der Waals surface area contributed by atoms with Gasteiger partial charge in [0.15, 0.2) is 17.6 Å². The summed E-state index contributed by atoms with van der Waals surface area (Å²) in [6.07, 6.45) is 1.71. The maximum Gasteiger partial charge on any atom is 0.341 e. The first-order valence-electron chi connectivity index (χ1n) is 8.47. The van der Waals surface area contributed by atoms with E-state index in [1.54, 1.807) is 55.7 Å². The number of hydrogen-bond acceptors (Lipinski definition) is 4. The number of carbonyl (C=O) groups is 1. The van der Waals surface area contributed by atoms with Crippen molar-refractivity contribution in [2.75, 3.05) is 13.7 Å². The maximum atomic E-state index is 14.4. The monoisotopic (exact) mass is 402 g/mol. The fourth-order valence-electron chi connectivity index (χ4n) is 2.73. The van der Waals surface area contributed by atoms with Gasteiger partial charge in [-0.25, -0.2) is 13.4 Å². The highest BCUT2D eigenvalue weighted by atomic mass is 32.2. The van der Waals surface area contributed by atoms with Crippen LogP contribution in [0.2, 0.25) is 0 Å². The number of nitrogens with one attached hydrogen (secondary N) is 1. The van der Waals surface area contributed by atoms with E-state index in [1.807, 2.05) is 0 Å². The molecule has 3 aromatic rings. The topological polar surface area (TPSA) is 80.6 Å². The molecule has 1 heterocycles. The number of carboxylic acid groups (broad SMARTS) is 1. The third-order valence-electron chi connectivity index (χ3n) is 3.92. The lowest BCUT2D eigenvalue weighted by atomic mass is 10.1. The third-order valence-corrected chi connectivity index (χ3v) is 5.24. The zero-order valence-electron chi connectivity index (χ0n) is 15.1. The van der Waals surface area contributed by atoms with Gasteiger partial charge in [0.25, 0.3) is 0 Å². The molecular formula is C20H19FN2O4S. The summed E-state index contributed by atoms with van der Waals surface area (Å²) in [5.74, 6) is -1.22. The van der Waals surface area contributed by atoms with E-state index in [-0.39, 0.29) is 0 Å². The van der Waals surface area contributed by atoms with Crippen molar-refractivity contribution in [3.05, 3.63) is 72.2 Å². The lowest BCUT2D eigenvalue weighted by Gasteiger charge is -2.11. The van der Waals surface area contributed by atoms with E-state index in [0.717, 1.165) is 5.56 Å². The molecule has 0 spiro atoms. The Kier molecular flexibility index (Phi) is 6.23. The van der Waals surface area contributed by atoms with Gasteiger partial charge in [0.05, 0.1) is 10.6 Å². The Morgan fingerprint density at radius 1 is 1.21 bits per heavy atom. The molecule has 0 amide bonds. The smallest absolute Gasteiger partial charge is 0.341 e. The van der Waals surface area contributed by atoms with Gasteiger partial charge in [0.2, 0.25) is 0 Å². The van der Waals surface area contributed by atoms with Gasteiger partial charge in [0, 0.05) is 18.3 Å². The summed E-state index contributed by atoms with van der Waals surface area (Å²) in [5.41, 5.74) is 1.68. The van der Waals surface area contributed by atoms with Gasteiger partial charge in [-0.15, -0.1) is 0 Å². The summed E-state index contributed by atoms with van der Waals surface area (Å²) < 4.78 is 34.2. The fraction of sp³-hybridized carbons (Fsp3) is 0.150. The molecular weight excluding hydrogens is 383 g/mol. The molecule has 0 bridgehead atoms. The highest BCUT2D eigenvalue weighted by Crippen LogP contribution is 2.28. The third kappa shape index (κ3) is 4.47. The lowest BCUT2D eigenvalue weighted by molar-refractivity contribution is -0.139. The summed E-state index contributed by atoms with van der Waals surface area (Å²) in [7, 11) is 0.112. The molecule has 0 aliphatic carbocycles. The van der Waals surface area contributed by atoms with Crippen LogP contribution in [0.4, 0.5) is 4.39 Å². The molecule has 0 aliphatic rings. The zero-order chi connectivity index (χ0) is 20.1. The van der Waals surface area contributed by atoms with Crippen LogP contribution in [0, 0.1) is 5.82 Å². The molecule has 146 valence electrons. The van der Waals surface area contributed by atoms with Gasteiger partial charge in [-0.2, -0.15) is 0 Å². The Hall–Kier alpha value is -2.97. The van der Waals surface area contributed by atoms with Crippen LogP contribution in [0.3, 0.4) is 0 Å². The number of rotatable bonds is 8. The van der Waals surface area contributed by atoms with E-state index in [1.165, 1.54) is 16.1 Å². The van der Waals surface area contributed by atoms with E-state index in [2.05, 4.69) is 5.32 Å². The predicted molar refractivity (Wildman–Crippen MR) is 104 cm³/mol. The number of ether oxygens (including phenoxy) is 1. The van der Waals surface area contributed by atoms with Crippen LogP contribution in [-0.2, 0) is 22.3 Å². The van der Waals surface area contributed by atoms with E-state index in [4.69, 9.17) is 9.84 Å². The van der Waals surface area contributed by atoms with Crippen LogP contribution >= 0.6 is 0 Å². The second-order valence-electron chi connectivity index (χ2n) is 5.98. The number of carboxylic acids is 1. The molecule has 8 heteroatoms. The Morgan fingerprint density at radius 3 is 2.71 bits per heavy atom. The minimum absolute atomic E-state index is 0.295. The largest absolute Gasteiger partial charge is 0.482 e. The second-order valence-corrected chi connectivity index (χ2v) is 7.34. The SMILES string of the molecule is CNCc1cc(-c2ccccc2F)n(S(=O)c2cccc(OCC(=O)O)c2)c1. The molecule has 0 radical (unpaired) electrons. The average molecular weight is 402 g/mol. The van der Waals surface area contributed by atoms with Gasteiger partial charge in [-0.3, -0.25) is 3.97 Å². The van der Waals surface area contributed by atoms with Gasteiger partial charge >= 0.3 is 5.97 Å². The number of nitrogens with zero attached hydrogens (tertiary/aromatic N) is 1. The number of aromatic nitrogens is 1. The summed E-state index contributed by atoms with van der Waals surface area (Å²) in [5, 5.41) is 11.8. The Bertz CT molecular complexity index is 1020. The zero-order valence-corrected chi connectivity index (χ0v) is 15.9. The van der Waals surface area contributed by atoms with Crippen LogP contribution in [0.15, 0.2) is 65.7 Å². The molecule has 0 saturated carbocycles. The minimum Gasteiger partial charge on any atom is -0.482 e. The quantitative estimate of drug-likeness (QED) is 0.605. The van der Waals surface area contributed by atoms with Crippen LogP contribution in [-0.4, -0.2) is 32.9 Å². The average Bonchev–Trinajstić information content (AvgIpc) is 3.10. The molecule has 1 unspecified atom stereocenters. The van der Waals surface area contributed by atoms with Gasteiger partial charge in [-0.1, -0.05) is 18.2 Å². The summed E-state index contributed by atoms with van der Waals surface area (Å²) in [4.78, 5) is 11.1. The van der Waals surface area contributed by atoms with Crippen LogP contribution in [0.5, 0.6) is 5.75 Å². The van der Waals surface area contributed by atoms with Gasteiger partial charge in [-0.05, 0) is 49.0 Å². The molecule has 2 N–H and O–H groups in total. The van der Waals surface area contributed by atoms with Gasteiger partial charge in [0.1, 0.15) is 11.6 Å². The molecule has 0 saturated heterocycles. The van der Waals surface area contributed by atoms with Crippen LogP contribution in [0.25, 0.3) is 11.3 Å². The van der Waals surface area contributed by atoms with Crippen LogP contribution < -0.4 is 10.1 Å². The molecule has 1 aromatic heterocycles. The van der Waals surface area contributed by atoms with Gasteiger partial charge < -0.3 is 15.2 Å². The second kappa shape index (κ2) is 8.81. The van der Waals surface area contributed by atoms with E-state index in [0.29, 0.717) is 28.4 Å². The molecule has 1 atom stereocenters. The molecule has 3 rings (SSSR count). The molecule has 6 nitrogen and oxygen atoms in total. The minimum atomic E-state index is -1.68. The van der Waals surface area contributed by atoms with Crippen LogP contribution in [0.1, 0.15) is 5.56 Å². The molecule has 2 aromatic carbocycles. The Balaban J connectivity index is 2.01. The summed E-state index contributed by atoms with van der Waals surface area (Å²) in [6.45, 7) is 0.0415. The van der Waals surface area contributed by atoms with Crippen molar-refractivity contribution in [2.45, 2.75) is 11.4 Å². The van der Waals surface area contributed by atoms with Crippen molar-refractivity contribution in [3.63, 3.8) is 0 Å². The first kappa shape index (κ1) is 19.8. The summed E-state index contributed by atoms with van der Waals surface area (Å²) in [6, 6.07) is 14.5. The standard InChI is InChI=1S/C20H19FN2O4S/c1-22-11-14-9-19(17-7-2-3-8-18(17)21)23(12-14)28(26)16-6-4-5-15(10-16)27-13-20(24)25/h2-10,12,22H,11,13H2,1H3,(H,24,25). The Labute approximate surface area is 164 Å². The van der Waals surface area contributed by atoms with Crippen molar-refractivity contribution >= 4 is 17.0 Å². The van der Waals surface area contributed by atoms with E-state index >= 15 is 0 Å². The number of aliphatic carboxylic acids is 1. The van der Waals surface area contributed by atoms with E-state index in [9.17, 15) is 13.4 Å². The molecule has 28 heavy (non-hydrogen) atoms. The van der Waals surface area contributed by atoms with Crippen molar-refractivity contribution in [1.29, 1.82) is 0 Å². The first-order valence-corrected chi connectivity index (χ1v) is 9.58. The highest BCUT2D eigenvalue weighted by Gasteiger charge is 2.17. The summed E-state index contributed by atoms with van der Waals surface area (Å²) >= 11 is 0. The maximum absolute atomic E-state index is 14.4. The van der Waals surface area contributed by atoms with E-state index < -0.39 is 29.4 Å². The van der Waals surface area contributed by atoms with Crippen molar-refractivity contribution in [3.8, 4) is 17.0 Å². The van der Waals surface area contributed by atoms with Crippen molar-refractivity contribution < 1.29 is 23.2 Å². The Morgan fingerprint density at radius 2 is 2.00 bits per heavy atom. The first-order chi connectivity index (χ1) is 13.5. The highest BCUT2D eigenvalue weighted by molar-refractivity contribution is 7.83. The van der Waals surface area contributed by atoms with Crippen molar-refractivity contribution in [1.82, 2.24) is 9.29 Å². The molecule has 0 aliphatic heterocycles. The number of halogens is 1. The predicted octanol–water partition coefficient (Wildman–Crippen LogP) is 3.05. The number of benzene rings is 2.